The van der Waals surface area contributed by atoms with Crippen LogP contribution in [0.2, 0.25) is 0 Å². The van der Waals surface area contributed by atoms with Crippen LogP contribution in [0.15, 0.2) is 6.07 Å². The first-order valence-corrected chi connectivity index (χ1v) is 4.76. The summed E-state index contributed by atoms with van der Waals surface area (Å²) in [6.45, 7) is -0.311. The molecule has 0 amide bonds. The first kappa shape index (κ1) is 14.3. The number of nitrogens with zero attached hydrogens (tertiary/aromatic N) is 2. The van der Waals surface area contributed by atoms with E-state index in [1.165, 1.54) is 0 Å². The van der Waals surface area contributed by atoms with Crippen LogP contribution in [0.5, 0.6) is 0 Å². The SMILES string of the molecule is N#CCc1cc(C(F)(F)F)c(C(F)F)nc1CN. The van der Waals surface area contributed by atoms with Gasteiger partial charge in [-0.1, -0.05) is 0 Å². The number of alkyl halides is 5. The predicted octanol–water partition coefficient (Wildman–Crippen LogP) is 2.56. The summed E-state index contributed by atoms with van der Waals surface area (Å²) in [5, 5.41) is 8.46. The second kappa shape index (κ2) is 5.27. The van der Waals surface area contributed by atoms with Gasteiger partial charge in [0.2, 0.25) is 0 Å². The molecule has 0 saturated heterocycles. The summed E-state index contributed by atoms with van der Waals surface area (Å²) < 4.78 is 62.8. The van der Waals surface area contributed by atoms with Crippen molar-refractivity contribution in [1.82, 2.24) is 4.98 Å². The summed E-state index contributed by atoms with van der Waals surface area (Å²) in [5.41, 5.74) is 2.11. The molecule has 0 atom stereocenters. The maximum Gasteiger partial charge on any atom is 0.418 e. The Hall–Kier alpha value is -1.75. The van der Waals surface area contributed by atoms with E-state index in [2.05, 4.69) is 4.98 Å². The van der Waals surface area contributed by atoms with Gasteiger partial charge in [0.1, 0.15) is 5.69 Å². The Labute approximate surface area is 99.0 Å². The van der Waals surface area contributed by atoms with Gasteiger partial charge < -0.3 is 5.73 Å². The molecule has 18 heavy (non-hydrogen) atoms. The van der Waals surface area contributed by atoms with E-state index in [9.17, 15) is 22.0 Å². The van der Waals surface area contributed by atoms with Crippen LogP contribution >= 0.6 is 0 Å². The van der Waals surface area contributed by atoms with Crippen molar-refractivity contribution in [2.75, 3.05) is 0 Å². The van der Waals surface area contributed by atoms with Crippen LogP contribution in [-0.2, 0) is 19.1 Å². The van der Waals surface area contributed by atoms with Gasteiger partial charge in [0.25, 0.3) is 6.43 Å². The van der Waals surface area contributed by atoms with E-state index in [4.69, 9.17) is 11.0 Å². The molecule has 0 aliphatic carbocycles. The summed E-state index contributed by atoms with van der Waals surface area (Å²) in [5.74, 6) is 0. The molecule has 0 saturated carbocycles. The van der Waals surface area contributed by atoms with E-state index >= 15 is 0 Å². The number of hydrogen-bond donors (Lipinski definition) is 1. The zero-order valence-electron chi connectivity index (χ0n) is 8.93. The van der Waals surface area contributed by atoms with Crippen molar-refractivity contribution >= 4 is 0 Å². The molecule has 0 fully saturated rings. The lowest BCUT2D eigenvalue weighted by Gasteiger charge is -2.15. The standard InChI is InChI=1S/C10H8F5N3/c11-9(12)8-6(10(13,14)15)3-5(1-2-16)7(4-17)18-8/h3,9H,1,4,17H2. The minimum absolute atomic E-state index is 0.0864. The number of halogens is 5. The summed E-state index contributed by atoms with van der Waals surface area (Å²) in [7, 11) is 0. The number of hydrogen-bond acceptors (Lipinski definition) is 3. The Kier molecular flexibility index (Phi) is 4.19. The van der Waals surface area contributed by atoms with Gasteiger partial charge in [-0.3, -0.25) is 0 Å². The van der Waals surface area contributed by atoms with Gasteiger partial charge in [-0.05, 0) is 11.6 Å². The van der Waals surface area contributed by atoms with Crippen LogP contribution < -0.4 is 5.73 Å². The highest BCUT2D eigenvalue weighted by molar-refractivity contribution is 5.35. The summed E-state index contributed by atoms with van der Waals surface area (Å²) >= 11 is 0. The minimum atomic E-state index is -4.95. The third-order valence-corrected chi connectivity index (χ3v) is 2.20. The van der Waals surface area contributed by atoms with Crippen molar-refractivity contribution in [3.8, 4) is 6.07 Å². The molecule has 0 unspecified atom stereocenters. The third-order valence-electron chi connectivity index (χ3n) is 2.20. The van der Waals surface area contributed by atoms with E-state index in [1.807, 2.05) is 0 Å². The van der Waals surface area contributed by atoms with E-state index in [1.54, 1.807) is 6.07 Å². The molecule has 8 heteroatoms. The number of nitriles is 1. The van der Waals surface area contributed by atoms with Crippen LogP contribution in [0.25, 0.3) is 0 Å². The molecule has 1 aromatic rings. The Morgan fingerprint density at radius 3 is 2.39 bits per heavy atom. The largest absolute Gasteiger partial charge is 0.418 e. The predicted molar refractivity (Wildman–Crippen MR) is 51.4 cm³/mol. The fraction of sp³-hybridized carbons (Fsp3) is 0.400. The number of aromatic nitrogens is 1. The van der Waals surface area contributed by atoms with Gasteiger partial charge in [-0.25, -0.2) is 13.8 Å². The maximum atomic E-state index is 12.6. The smallest absolute Gasteiger partial charge is 0.325 e. The lowest BCUT2D eigenvalue weighted by atomic mass is 10.0. The number of pyridine rings is 1. The minimum Gasteiger partial charge on any atom is -0.325 e. The Morgan fingerprint density at radius 2 is 2.00 bits per heavy atom. The Balaban J connectivity index is 3.48. The molecular formula is C10H8F5N3. The van der Waals surface area contributed by atoms with E-state index in [0.717, 1.165) is 0 Å². The fourth-order valence-corrected chi connectivity index (χ4v) is 1.42. The number of rotatable bonds is 3. The highest BCUT2D eigenvalue weighted by Crippen LogP contribution is 2.36. The van der Waals surface area contributed by atoms with E-state index in [-0.39, 0.29) is 24.2 Å². The second-order valence-corrected chi connectivity index (χ2v) is 3.36. The van der Waals surface area contributed by atoms with Crippen LogP contribution in [0, 0.1) is 11.3 Å². The first-order chi connectivity index (χ1) is 8.31. The molecule has 0 bridgehead atoms. The molecule has 0 aromatic carbocycles. The Bertz CT molecular complexity index is 476. The normalized spacial score (nSPS) is 11.7. The van der Waals surface area contributed by atoms with Gasteiger partial charge >= 0.3 is 6.18 Å². The summed E-state index contributed by atoms with van der Waals surface area (Å²) in [6.07, 6.45) is -8.68. The fourth-order valence-electron chi connectivity index (χ4n) is 1.42. The molecule has 1 rings (SSSR count). The van der Waals surface area contributed by atoms with Gasteiger partial charge in [0.05, 0.1) is 23.7 Å². The molecule has 2 N–H and O–H groups in total. The summed E-state index contributed by atoms with van der Waals surface area (Å²) in [6, 6.07) is 2.15. The molecule has 98 valence electrons. The van der Waals surface area contributed by atoms with Crippen LogP contribution in [0.1, 0.15) is 28.9 Å². The highest BCUT2D eigenvalue weighted by atomic mass is 19.4. The van der Waals surface area contributed by atoms with E-state index < -0.39 is 23.9 Å². The second-order valence-electron chi connectivity index (χ2n) is 3.36. The molecule has 0 aliphatic heterocycles. The van der Waals surface area contributed by atoms with Crippen LogP contribution in [-0.4, -0.2) is 4.98 Å². The van der Waals surface area contributed by atoms with Crippen molar-refractivity contribution in [3.05, 3.63) is 28.6 Å². The van der Waals surface area contributed by atoms with E-state index in [0.29, 0.717) is 6.07 Å². The monoisotopic (exact) mass is 265 g/mol. The number of nitrogens with two attached hydrogens (primary N) is 1. The molecule has 0 aliphatic rings. The van der Waals surface area contributed by atoms with Gasteiger partial charge in [0, 0.05) is 6.54 Å². The van der Waals surface area contributed by atoms with Crippen molar-refractivity contribution in [2.45, 2.75) is 25.6 Å². The van der Waals surface area contributed by atoms with Gasteiger partial charge in [-0.15, -0.1) is 0 Å². The van der Waals surface area contributed by atoms with Gasteiger partial charge in [0.15, 0.2) is 0 Å². The molecule has 0 radical (unpaired) electrons. The van der Waals surface area contributed by atoms with Crippen molar-refractivity contribution < 1.29 is 22.0 Å². The molecule has 3 nitrogen and oxygen atoms in total. The molecule has 0 spiro atoms. The quantitative estimate of drug-likeness (QED) is 0.854. The van der Waals surface area contributed by atoms with Crippen molar-refractivity contribution in [3.63, 3.8) is 0 Å². The van der Waals surface area contributed by atoms with Crippen LogP contribution in [0.3, 0.4) is 0 Å². The van der Waals surface area contributed by atoms with Crippen molar-refractivity contribution in [1.29, 1.82) is 5.26 Å². The first-order valence-electron chi connectivity index (χ1n) is 4.76. The molecular weight excluding hydrogens is 257 g/mol. The lowest BCUT2D eigenvalue weighted by molar-refractivity contribution is -0.140. The maximum absolute atomic E-state index is 12.6. The molecule has 1 aromatic heterocycles. The average molecular weight is 265 g/mol. The van der Waals surface area contributed by atoms with Crippen molar-refractivity contribution in [2.24, 2.45) is 5.73 Å². The summed E-state index contributed by atoms with van der Waals surface area (Å²) in [4.78, 5) is 3.23. The average Bonchev–Trinajstić information content (AvgIpc) is 2.27. The third kappa shape index (κ3) is 2.92. The molecule has 1 heterocycles. The zero-order chi connectivity index (χ0) is 13.9. The lowest BCUT2D eigenvalue weighted by Crippen LogP contribution is -2.16. The topological polar surface area (TPSA) is 62.7 Å². The highest BCUT2D eigenvalue weighted by Gasteiger charge is 2.37. The van der Waals surface area contributed by atoms with Gasteiger partial charge in [-0.2, -0.15) is 18.4 Å². The zero-order valence-corrected chi connectivity index (χ0v) is 8.93. The Morgan fingerprint density at radius 1 is 1.39 bits per heavy atom. The van der Waals surface area contributed by atoms with Crippen LogP contribution in [0.4, 0.5) is 22.0 Å².